The lowest BCUT2D eigenvalue weighted by Gasteiger charge is -2.38. The van der Waals surface area contributed by atoms with Crippen LogP contribution in [0.1, 0.15) is 68.2 Å². The summed E-state index contributed by atoms with van der Waals surface area (Å²) >= 11 is 0. The average Bonchev–Trinajstić information content (AvgIpc) is 3.28. The Hall–Kier alpha value is -1.49. The molecule has 2 fully saturated rings. The highest BCUT2D eigenvalue weighted by atomic mass is 16.3. The van der Waals surface area contributed by atoms with E-state index in [1.165, 1.54) is 0 Å². The fourth-order valence-corrected chi connectivity index (χ4v) is 3.63. The Balaban J connectivity index is 1.85. The number of aliphatic hydroxyl groups excluding tert-OH is 1. The zero-order valence-corrected chi connectivity index (χ0v) is 13.5. The van der Waals surface area contributed by atoms with Gasteiger partial charge in [0.1, 0.15) is 11.5 Å². The van der Waals surface area contributed by atoms with E-state index in [0.29, 0.717) is 24.1 Å². The summed E-state index contributed by atoms with van der Waals surface area (Å²) in [5.74, 6) is 1.61. The van der Waals surface area contributed by atoms with Crippen LogP contribution >= 0.6 is 0 Å². The zero-order chi connectivity index (χ0) is 15.7. The Bertz CT molecular complexity index is 557. The van der Waals surface area contributed by atoms with Crippen molar-refractivity contribution in [1.29, 1.82) is 0 Å². The molecule has 3 rings (SSSR count). The summed E-state index contributed by atoms with van der Waals surface area (Å²) in [5, 5.41) is 9.96. The number of hydrogen-bond acceptors (Lipinski definition) is 4. The molecule has 2 aliphatic rings. The molecule has 1 aromatic heterocycles. The van der Waals surface area contributed by atoms with Crippen molar-refractivity contribution in [3.05, 3.63) is 23.8 Å². The minimum atomic E-state index is -0.421. The quantitative estimate of drug-likeness (QED) is 0.907. The van der Waals surface area contributed by atoms with E-state index in [1.54, 1.807) is 12.3 Å². The molecule has 1 saturated heterocycles. The normalized spacial score (nSPS) is 25.0. The van der Waals surface area contributed by atoms with Crippen LogP contribution in [0.3, 0.4) is 0 Å². The number of aliphatic hydroxyl groups is 1. The third-order valence-electron chi connectivity index (χ3n) is 4.76. The molecule has 1 atom stereocenters. The van der Waals surface area contributed by atoms with Crippen LogP contribution < -0.4 is 0 Å². The molecular weight excluding hydrogens is 278 g/mol. The summed E-state index contributed by atoms with van der Waals surface area (Å²) in [6.07, 6.45) is 6.57. The van der Waals surface area contributed by atoms with Crippen LogP contribution in [0.4, 0.5) is 0 Å². The maximum atomic E-state index is 12.9. The van der Waals surface area contributed by atoms with E-state index < -0.39 is 5.54 Å². The van der Waals surface area contributed by atoms with E-state index >= 15 is 0 Å². The Morgan fingerprint density at radius 2 is 2.27 bits per heavy atom. The number of likely N-dealkylation sites (tertiary alicyclic amines) is 1. The maximum Gasteiger partial charge on any atom is 0.273 e. The van der Waals surface area contributed by atoms with Crippen molar-refractivity contribution in [2.45, 2.75) is 57.4 Å². The van der Waals surface area contributed by atoms with Crippen molar-refractivity contribution >= 4 is 5.91 Å². The van der Waals surface area contributed by atoms with Crippen molar-refractivity contribution in [3.63, 3.8) is 0 Å². The minimum absolute atomic E-state index is 0.0253. The monoisotopic (exact) mass is 303 g/mol. The molecule has 0 spiro atoms. The Labute approximate surface area is 131 Å². The molecule has 0 unspecified atom stereocenters. The largest absolute Gasteiger partial charge is 0.394 e. The smallest absolute Gasteiger partial charge is 0.273 e. The molecule has 1 aliphatic carbocycles. The van der Waals surface area contributed by atoms with Gasteiger partial charge in [-0.2, -0.15) is 0 Å². The van der Waals surface area contributed by atoms with Gasteiger partial charge in [0.25, 0.3) is 5.91 Å². The van der Waals surface area contributed by atoms with Crippen LogP contribution in [0, 0.1) is 5.92 Å². The van der Waals surface area contributed by atoms with Crippen LogP contribution in [0.2, 0.25) is 0 Å². The highest BCUT2D eigenvalue weighted by molar-refractivity contribution is 5.93. The SMILES string of the molecule is CC(C)C[C@@]1(CO)CCCN1C(=O)c1ccnc(C2CC2)n1. The summed E-state index contributed by atoms with van der Waals surface area (Å²) in [6.45, 7) is 4.99. The van der Waals surface area contributed by atoms with E-state index in [-0.39, 0.29) is 12.5 Å². The molecule has 0 radical (unpaired) electrons. The van der Waals surface area contributed by atoms with Crippen molar-refractivity contribution in [2.75, 3.05) is 13.2 Å². The molecular formula is C17H25N3O2. The van der Waals surface area contributed by atoms with Crippen molar-refractivity contribution in [1.82, 2.24) is 14.9 Å². The highest BCUT2D eigenvalue weighted by Gasteiger charge is 2.44. The van der Waals surface area contributed by atoms with Crippen molar-refractivity contribution < 1.29 is 9.90 Å². The highest BCUT2D eigenvalue weighted by Crippen LogP contribution is 2.38. The topological polar surface area (TPSA) is 66.3 Å². The first-order valence-electron chi connectivity index (χ1n) is 8.31. The number of hydrogen-bond donors (Lipinski definition) is 1. The summed E-state index contributed by atoms with van der Waals surface area (Å²) in [4.78, 5) is 23.5. The molecule has 1 aromatic rings. The number of nitrogens with zero attached hydrogens (tertiary/aromatic N) is 3. The Kier molecular flexibility index (Phi) is 4.17. The standard InChI is InChI=1S/C17H25N3O2/c1-12(2)10-17(11-21)7-3-9-20(17)16(22)14-6-8-18-15(19-14)13-4-5-13/h6,8,12-13,21H,3-5,7,9-11H2,1-2H3/t17-/m1/s1. The molecule has 5 nitrogen and oxygen atoms in total. The first-order chi connectivity index (χ1) is 10.6. The van der Waals surface area contributed by atoms with Gasteiger partial charge in [0.2, 0.25) is 0 Å². The minimum Gasteiger partial charge on any atom is -0.394 e. The van der Waals surface area contributed by atoms with Crippen LogP contribution in [-0.2, 0) is 0 Å². The van der Waals surface area contributed by atoms with Gasteiger partial charge in [-0.3, -0.25) is 4.79 Å². The third kappa shape index (κ3) is 2.86. The molecule has 1 N–H and O–H groups in total. The average molecular weight is 303 g/mol. The summed E-state index contributed by atoms with van der Waals surface area (Å²) in [5.41, 5.74) is 0.0519. The van der Waals surface area contributed by atoms with Crippen LogP contribution in [0.5, 0.6) is 0 Å². The van der Waals surface area contributed by atoms with Gasteiger partial charge in [0.15, 0.2) is 0 Å². The van der Waals surface area contributed by atoms with E-state index in [9.17, 15) is 9.90 Å². The van der Waals surface area contributed by atoms with Gasteiger partial charge in [0, 0.05) is 18.7 Å². The second-order valence-electron chi connectivity index (χ2n) is 7.12. The lowest BCUT2D eigenvalue weighted by molar-refractivity contribution is 0.0327. The second kappa shape index (κ2) is 5.95. The number of rotatable bonds is 5. The Morgan fingerprint density at radius 3 is 2.91 bits per heavy atom. The zero-order valence-electron chi connectivity index (χ0n) is 13.5. The Morgan fingerprint density at radius 1 is 1.50 bits per heavy atom. The molecule has 22 heavy (non-hydrogen) atoms. The predicted octanol–water partition coefficient (Wildman–Crippen LogP) is 2.37. The fraction of sp³-hybridized carbons (Fsp3) is 0.706. The number of carbonyl (C=O) groups is 1. The fourth-order valence-electron chi connectivity index (χ4n) is 3.63. The van der Waals surface area contributed by atoms with E-state index in [4.69, 9.17) is 0 Å². The summed E-state index contributed by atoms with van der Waals surface area (Å²) in [7, 11) is 0. The van der Waals surface area contributed by atoms with Gasteiger partial charge >= 0.3 is 0 Å². The first kappa shape index (κ1) is 15.4. The first-order valence-corrected chi connectivity index (χ1v) is 8.31. The van der Waals surface area contributed by atoms with Gasteiger partial charge in [-0.25, -0.2) is 9.97 Å². The van der Waals surface area contributed by atoms with Gasteiger partial charge in [-0.1, -0.05) is 13.8 Å². The van der Waals surface area contributed by atoms with Crippen molar-refractivity contribution in [2.24, 2.45) is 5.92 Å². The molecule has 1 aliphatic heterocycles. The summed E-state index contributed by atoms with van der Waals surface area (Å²) in [6, 6.07) is 1.70. The van der Waals surface area contributed by atoms with Gasteiger partial charge in [0.05, 0.1) is 12.1 Å². The summed E-state index contributed by atoms with van der Waals surface area (Å²) < 4.78 is 0. The molecule has 1 saturated carbocycles. The number of amides is 1. The van der Waals surface area contributed by atoms with E-state index in [1.807, 2.05) is 4.90 Å². The maximum absolute atomic E-state index is 12.9. The van der Waals surface area contributed by atoms with Gasteiger partial charge in [-0.15, -0.1) is 0 Å². The molecule has 0 bridgehead atoms. The third-order valence-corrected chi connectivity index (χ3v) is 4.76. The molecule has 0 aromatic carbocycles. The van der Waals surface area contributed by atoms with Crippen LogP contribution in [-0.4, -0.2) is 44.6 Å². The lowest BCUT2D eigenvalue weighted by atomic mass is 9.87. The lowest BCUT2D eigenvalue weighted by Crippen LogP contribution is -2.51. The van der Waals surface area contributed by atoms with Crippen molar-refractivity contribution in [3.8, 4) is 0 Å². The van der Waals surface area contributed by atoms with Crippen LogP contribution in [0.15, 0.2) is 12.3 Å². The van der Waals surface area contributed by atoms with Crippen LogP contribution in [0.25, 0.3) is 0 Å². The molecule has 2 heterocycles. The molecule has 120 valence electrons. The number of carbonyl (C=O) groups excluding carboxylic acids is 1. The predicted molar refractivity (Wildman–Crippen MR) is 83.5 cm³/mol. The van der Waals surface area contributed by atoms with E-state index in [2.05, 4.69) is 23.8 Å². The molecule has 1 amide bonds. The second-order valence-corrected chi connectivity index (χ2v) is 7.12. The van der Waals surface area contributed by atoms with Gasteiger partial charge < -0.3 is 10.0 Å². The van der Waals surface area contributed by atoms with E-state index in [0.717, 1.165) is 37.9 Å². The molecule has 5 heteroatoms. The van der Waals surface area contributed by atoms with Gasteiger partial charge in [-0.05, 0) is 44.1 Å². The number of aromatic nitrogens is 2.